The van der Waals surface area contributed by atoms with Crippen LogP contribution in [0.2, 0.25) is 0 Å². The number of benzene rings is 2. The third kappa shape index (κ3) is 4.22. The van der Waals surface area contributed by atoms with Gasteiger partial charge < -0.3 is 5.32 Å². The van der Waals surface area contributed by atoms with Gasteiger partial charge in [0.2, 0.25) is 5.91 Å². The molecule has 0 saturated carbocycles. The predicted molar refractivity (Wildman–Crippen MR) is 113 cm³/mol. The first kappa shape index (κ1) is 18.9. The number of anilines is 1. The second kappa shape index (κ2) is 7.92. The number of hydrogen-bond donors (Lipinski definition) is 1. The van der Waals surface area contributed by atoms with Crippen molar-refractivity contribution < 1.29 is 4.79 Å². The Morgan fingerprint density at radius 3 is 2.62 bits per heavy atom. The van der Waals surface area contributed by atoms with Crippen molar-refractivity contribution in [2.75, 3.05) is 5.32 Å². The van der Waals surface area contributed by atoms with Crippen LogP contribution in [0.25, 0.3) is 16.9 Å². The van der Waals surface area contributed by atoms with Crippen LogP contribution >= 0.6 is 11.3 Å². The number of carbonyl (C=O) groups is 1. The minimum absolute atomic E-state index is 0.0893. The average molecular weight is 404 g/mol. The molecule has 0 bridgehead atoms. The lowest BCUT2D eigenvalue weighted by Crippen LogP contribution is -2.14. The number of rotatable bonds is 5. The second-order valence-electron chi connectivity index (χ2n) is 6.85. The second-order valence-corrected chi connectivity index (χ2v) is 8.14. The van der Waals surface area contributed by atoms with Crippen molar-refractivity contribution in [1.29, 1.82) is 0 Å². The van der Waals surface area contributed by atoms with E-state index in [-0.39, 0.29) is 12.3 Å². The van der Waals surface area contributed by atoms with Crippen LogP contribution in [-0.4, -0.2) is 31.1 Å². The Hall–Kier alpha value is -3.39. The van der Waals surface area contributed by atoms with Crippen LogP contribution in [0.5, 0.6) is 0 Å². The molecule has 0 unspecified atom stereocenters. The van der Waals surface area contributed by atoms with Crippen molar-refractivity contribution in [2.24, 2.45) is 0 Å². The number of aromatic nitrogens is 5. The molecule has 0 spiro atoms. The van der Waals surface area contributed by atoms with Crippen molar-refractivity contribution >= 4 is 22.9 Å². The maximum Gasteiger partial charge on any atom is 0.229 e. The van der Waals surface area contributed by atoms with E-state index in [1.54, 1.807) is 16.0 Å². The molecular formula is C21H20N6OS. The Morgan fingerprint density at radius 2 is 1.90 bits per heavy atom. The summed E-state index contributed by atoms with van der Waals surface area (Å²) in [7, 11) is 0. The molecule has 2 aromatic carbocycles. The number of nitrogens with zero attached hydrogens (tertiary/aromatic N) is 5. The molecule has 0 aliphatic rings. The van der Waals surface area contributed by atoms with E-state index >= 15 is 0 Å². The Bertz CT molecular complexity index is 1150. The summed E-state index contributed by atoms with van der Waals surface area (Å²) in [6.45, 7) is 5.98. The van der Waals surface area contributed by atoms with Crippen molar-refractivity contribution in [1.82, 2.24) is 25.2 Å². The zero-order valence-electron chi connectivity index (χ0n) is 16.4. The summed E-state index contributed by atoms with van der Waals surface area (Å²) in [4.78, 5) is 18.3. The lowest BCUT2D eigenvalue weighted by molar-refractivity contribution is -0.115. The molecule has 7 nitrogen and oxygen atoms in total. The highest BCUT2D eigenvalue weighted by Crippen LogP contribution is 2.29. The SMILES string of the molecule is Cc1ccc(-c2nc(C)sc2CC(=O)Nc2ccc(C)c(-n3cnnn3)c2)cc1. The van der Waals surface area contributed by atoms with Gasteiger partial charge in [-0.2, -0.15) is 0 Å². The standard InChI is InChI=1S/C21H20N6OS/c1-13-4-7-16(8-5-13)21-19(29-15(3)23-21)11-20(28)24-17-9-6-14(2)18(10-17)27-12-22-25-26-27/h4-10,12H,11H2,1-3H3,(H,24,28). The number of carbonyl (C=O) groups excluding carboxylic acids is 1. The molecule has 8 heteroatoms. The van der Waals surface area contributed by atoms with E-state index in [4.69, 9.17) is 0 Å². The number of amides is 1. The highest BCUT2D eigenvalue weighted by Gasteiger charge is 2.15. The van der Waals surface area contributed by atoms with Gasteiger partial charge in [-0.05, 0) is 48.9 Å². The fourth-order valence-corrected chi connectivity index (χ4v) is 4.04. The van der Waals surface area contributed by atoms with E-state index in [1.807, 2.05) is 44.2 Å². The molecule has 1 amide bonds. The summed E-state index contributed by atoms with van der Waals surface area (Å²) in [5.41, 5.74) is 5.62. The maximum atomic E-state index is 12.7. The van der Waals surface area contributed by atoms with E-state index < -0.39 is 0 Å². The molecule has 2 heterocycles. The fourth-order valence-electron chi connectivity index (χ4n) is 3.08. The number of nitrogens with one attached hydrogen (secondary N) is 1. The summed E-state index contributed by atoms with van der Waals surface area (Å²) < 4.78 is 1.58. The van der Waals surface area contributed by atoms with Gasteiger partial charge in [0.25, 0.3) is 0 Å². The summed E-state index contributed by atoms with van der Waals surface area (Å²) in [6.07, 6.45) is 1.80. The van der Waals surface area contributed by atoms with Crippen molar-refractivity contribution in [3.05, 3.63) is 69.8 Å². The first-order valence-electron chi connectivity index (χ1n) is 9.17. The van der Waals surface area contributed by atoms with Gasteiger partial charge in [0.1, 0.15) is 6.33 Å². The van der Waals surface area contributed by atoms with Crippen LogP contribution in [0, 0.1) is 20.8 Å². The van der Waals surface area contributed by atoms with Crippen molar-refractivity contribution in [2.45, 2.75) is 27.2 Å². The summed E-state index contributed by atoms with van der Waals surface area (Å²) in [5, 5.41) is 15.2. The van der Waals surface area contributed by atoms with E-state index in [0.717, 1.165) is 32.4 Å². The maximum absolute atomic E-state index is 12.7. The number of thiazole rings is 1. The van der Waals surface area contributed by atoms with E-state index in [2.05, 4.69) is 44.9 Å². The summed E-state index contributed by atoms with van der Waals surface area (Å²) in [6, 6.07) is 13.9. The van der Waals surface area contributed by atoms with Gasteiger partial charge in [0.15, 0.2) is 0 Å². The van der Waals surface area contributed by atoms with Crippen molar-refractivity contribution in [3.63, 3.8) is 0 Å². The third-order valence-electron chi connectivity index (χ3n) is 4.54. The largest absolute Gasteiger partial charge is 0.326 e. The van der Waals surface area contributed by atoms with Gasteiger partial charge in [0.05, 0.1) is 22.8 Å². The minimum atomic E-state index is -0.0893. The average Bonchev–Trinajstić information content (AvgIpc) is 3.34. The number of hydrogen-bond acceptors (Lipinski definition) is 6. The zero-order chi connectivity index (χ0) is 20.4. The van der Waals surface area contributed by atoms with Crippen molar-refractivity contribution in [3.8, 4) is 16.9 Å². The van der Waals surface area contributed by atoms with Crippen LogP contribution in [-0.2, 0) is 11.2 Å². The van der Waals surface area contributed by atoms with Crippen LogP contribution in [0.3, 0.4) is 0 Å². The quantitative estimate of drug-likeness (QED) is 0.545. The normalized spacial score (nSPS) is 10.9. The lowest BCUT2D eigenvalue weighted by Gasteiger charge is -2.10. The predicted octanol–water partition coefficient (Wildman–Crippen LogP) is 3.89. The minimum Gasteiger partial charge on any atom is -0.326 e. The molecular weight excluding hydrogens is 384 g/mol. The third-order valence-corrected chi connectivity index (χ3v) is 5.51. The zero-order valence-corrected chi connectivity index (χ0v) is 17.2. The Balaban J connectivity index is 1.54. The molecule has 146 valence electrons. The number of tetrazole rings is 1. The van der Waals surface area contributed by atoms with Gasteiger partial charge in [-0.15, -0.1) is 16.4 Å². The highest BCUT2D eigenvalue weighted by atomic mass is 32.1. The smallest absolute Gasteiger partial charge is 0.229 e. The monoisotopic (exact) mass is 404 g/mol. The molecule has 0 fully saturated rings. The summed E-state index contributed by atoms with van der Waals surface area (Å²) in [5.74, 6) is -0.0893. The van der Waals surface area contributed by atoms with E-state index in [9.17, 15) is 4.79 Å². The van der Waals surface area contributed by atoms with Crippen LogP contribution in [0.4, 0.5) is 5.69 Å². The van der Waals surface area contributed by atoms with Crippen LogP contribution < -0.4 is 5.32 Å². The Kier molecular flexibility index (Phi) is 5.18. The van der Waals surface area contributed by atoms with Gasteiger partial charge in [-0.3, -0.25) is 4.79 Å². The van der Waals surface area contributed by atoms with Gasteiger partial charge in [-0.1, -0.05) is 35.9 Å². The molecule has 0 atom stereocenters. The molecule has 0 aliphatic heterocycles. The molecule has 2 aromatic heterocycles. The molecule has 29 heavy (non-hydrogen) atoms. The summed E-state index contributed by atoms with van der Waals surface area (Å²) >= 11 is 1.55. The first-order valence-corrected chi connectivity index (χ1v) is 9.98. The Labute approximate surface area is 172 Å². The highest BCUT2D eigenvalue weighted by molar-refractivity contribution is 7.12. The fraction of sp³-hybridized carbons (Fsp3) is 0.190. The topological polar surface area (TPSA) is 85.6 Å². The van der Waals surface area contributed by atoms with E-state index in [0.29, 0.717) is 5.69 Å². The van der Waals surface area contributed by atoms with Gasteiger partial charge in [-0.25, -0.2) is 9.67 Å². The number of aryl methyl sites for hydroxylation is 3. The first-order chi connectivity index (χ1) is 14.0. The van der Waals surface area contributed by atoms with Gasteiger partial charge in [0, 0.05) is 16.1 Å². The van der Waals surface area contributed by atoms with Gasteiger partial charge >= 0.3 is 0 Å². The molecule has 1 N–H and O–H groups in total. The van der Waals surface area contributed by atoms with Crippen LogP contribution in [0.15, 0.2) is 48.8 Å². The molecule has 0 radical (unpaired) electrons. The lowest BCUT2D eigenvalue weighted by atomic mass is 10.1. The molecule has 4 aromatic rings. The molecule has 4 rings (SSSR count). The van der Waals surface area contributed by atoms with Crippen LogP contribution in [0.1, 0.15) is 21.0 Å². The molecule has 0 saturated heterocycles. The molecule has 0 aliphatic carbocycles. The Morgan fingerprint density at radius 1 is 1.10 bits per heavy atom. The van der Waals surface area contributed by atoms with E-state index in [1.165, 1.54) is 11.9 Å².